The lowest BCUT2D eigenvalue weighted by atomic mass is 9.77. The zero-order valence-corrected chi connectivity index (χ0v) is 13.0. The molecule has 0 radical (unpaired) electrons. The number of ketones is 1. The minimum absolute atomic E-state index is 0.154. The molecule has 0 bridgehead atoms. The highest BCUT2D eigenvalue weighted by Gasteiger charge is 2.34. The first-order valence-corrected chi connectivity index (χ1v) is 7.73. The number of benzene rings is 1. The van der Waals surface area contributed by atoms with Gasteiger partial charge in [0.15, 0.2) is 5.78 Å². The Morgan fingerprint density at radius 2 is 1.65 bits per heavy atom. The number of carbonyl (C=O) groups is 1. The van der Waals surface area contributed by atoms with Crippen molar-refractivity contribution >= 4 is 5.78 Å². The Morgan fingerprint density at radius 3 is 2.15 bits per heavy atom. The van der Waals surface area contributed by atoms with Crippen LogP contribution in [0.3, 0.4) is 0 Å². The third-order valence-electron chi connectivity index (χ3n) is 4.49. The summed E-state index contributed by atoms with van der Waals surface area (Å²) in [5.74, 6) is 0.209. The molecule has 0 spiro atoms. The maximum Gasteiger partial charge on any atom is 0.156 e. The van der Waals surface area contributed by atoms with Gasteiger partial charge in [0, 0.05) is 6.42 Å². The Morgan fingerprint density at radius 1 is 1.10 bits per heavy atom. The molecule has 1 aliphatic rings. The molecule has 2 nitrogen and oxygen atoms in total. The Labute approximate surface area is 122 Å². The predicted molar refractivity (Wildman–Crippen MR) is 83.9 cm³/mol. The predicted octanol–water partition coefficient (Wildman–Crippen LogP) is 3.76. The third kappa shape index (κ3) is 3.49. The van der Waals surface area contributed by atoms with E-state index < -0.39 is 5.54 Å². The van der Waals surface area contributed by atoms with E-state index in [0.717, 1.165) is 31.2 Å². The Balaban J connectivity index is 2.04. The number of nitrogens with two attached hydrogens (primary N) is 1. The molecule has 0 aromatic heterocycles. The van der Waals surface area contributed by atoms with Crippen LogP contribution < -0.4 is 5.73 Å². The molecule has 110 valence electrons. The van der Waals surface area contributed by atoms with Crippen molar-refractivity contribution in [1.29, 1.82) is 0 Å². The average Bonchev–Trinajstić information content (AvgIpc) is 2.39. The van der Waals surface area contributed by atoms with Crippen molar-refractivity contribution in [2.75, 3.05) is 0 Å². The molecule has 0 unspecified atom stereocenters. The van der Waals surface area contributed by atoms with Crippen LogP contribution in [-0.4, -0.2) is 11.3 Å². The number of carbonyl (C=O) groups excluding carboxylic acids is 1. The van der Waals surface area contributed by atoms with E-state index in [4.69, 9.17) is 5.73 Å². The van der Waals surface area contributed by atoms with Crippen molar-refractivity contribution < 1.29 is 4.79 Å². The molecule has 1 aliphatic carbocycles. The van der Waals surface area contributed by atoms with Gasteiger partial charge in [-0.1, -0.05) is 64.3 Å². The van der Waals surface area contributed by atoms with Gasteiger partial charge in [-0.3, -0.25) is 4.79 Å². The Hall–Kier alpha value is -1.15. The molecule has 2 N–H and O–H groups in total. The third-order valence-corrected chi connectivity index (χ3v) is 4.49. The Bertz CT molecular complexity index is 461. The fourth-order valence-electron chi connectivity index (χ4n) is 2.95. The molecule has 0 aliphatic heterocycles. The molecular formula is C18H27NO. The van der Waals surface area contributed by atoms with Crippen LogP contribution in [-0.2, 0) is 16.6 Å². The van der Waals surface area contributed by atoms with E-state index in [1.54, 1.807) is 0 Å². The summed E-state index contributed by atoms with van der Waals surface area (Å²) in [4.78, 5) is 12.4. The smallest absolute Gasteiger partial charge is 0.156 e. The molecule has 0 saturated heterocycles. The van der Waals surface area contributed by atoms with Crippen LogP contribution in [0.5, 0.6) is 0 Å². The van der Waals surface area contributed by atoms with Crippen molar-refractivity contribution in [3.8, 4) is 0 Å². The summed E-state index contributed by atoms with van der Waals surface area (Å²) >= 11 is 0. The number of Topliss-reactive ketones (excluding diaryl/α,β-unsaturated/α-hetero) is 1. The zero-order chi connectivity index (χ0) is 14.8. The highest BCUT2D eigenvalue weighted by atomic mass is 16.1. The van der Waals surface area contributed by atoms with Gasteiger partial charge in [0.25, 0.3) is 0 Å². The second-order valence-corrected chi connectivity index (χ2v) is 7.26. The van der Waals surface area contributed by atoms with Gasteiger partial charge in [0.2, 0.25) is 0 Å². The first kappa shape index (κ1) is 15.2. The van der Waals surface area contributed by atoms with Gasteiger partial charge in [-0.05, 0) is 29.4 Å². The summed E-state index contributed by atoms with van der Waals surface area (Å²) in [7, 11) is 0. The average molecular weight is 273 g/mol. The van der Waals surface area contributed by atoms with Crippen LogP contribution in [0.25, 0.3) is 0 Å². The molecule has 1 aromatic rings. The number of hydrogen-bond acceptors (Lipinski definition) is 2. The van der Waals surface area contributed by atoms with Gasteiger partial charge in [-0.25, -0.2) is 0 Å². The molecule has 0 amide bonds. The molecule has 0 atom stereocenters. The highest BCUT2D eigenvalue weighted by Crippen LogP contribution is 2.28. The summed E-state index contributed by atoms with van der Waals surface area (Å²) in [6.07, 6.45) is 5.57. The Kier molecular flexibility index (Phi) is 4.33. The minimum atomic E-state index is -0.569. The summed E-state index contributed by atoms with van der Waals surface area (Å²) in [5, 5.41) is 0. The van der Waals surface area contributed by atoms with Crippen LogP contribution in [0.2, 0.25) is 0 Å². The van der Waals surface area contributed by atoms with Gasteiger partial charge < -0.3 is 5.73 Å². The summed E-state index contributed by atoms with van der Waals surface area (Å²) in [5.41, 5.74) is 8.27. The normalized spacial score (nSPS) is 18.8. The molecule has 20 heavy (non-hydrogen) atoms. The fourth-order valence-corrected chi connectivity index (χ4v) is 2.95. The van der Waals surface area contributed by atoms with Crippen molar-refractivity contribution in [2.24, 2.45) is 5.73 Å². The fraction of sp³-hybridized carbons (Fsp3) is 0.611. The van der Waals surface area contributed by atoms with E-state index in [1.807, 2.05) is 0 Å². The SMILES string of the molecule is CC(C)(C)c1ccc(CC(=O)C2(N)CCCCC2)cc1. The van der Waals surface area contributed by atoms with Crippen LogP contribution in [0, 0.1) is 0 Å². The zero-order valence-electron chi connectivity index (χ0n) is 13.0. The lowest BCUT2D eigenvalue weighted by Gasteiger charge is -2.32. The molecule has 1 fully saturated rings. The molecule has 2 rings (SSSR count). The topological polar surface area (TPSA) is 43.1 Å². The largest absolute Gasteiger partial charge is 0.319 e. The van der Waals surface area contributed by atoms with E-state index in [9.17, 15) is 4.79 Å². The number of hydrogen-bond donors (Lipinski definition) is 1. The van der Waals surface area contributed by atoms with Crippen molar-refractivity contribution in [2.45, 2.75) is 70.3 Å². The minimum Gasteiger partial charge on any atom is -0.319 e. The van der Waals surface area contributed by atoms with E-state index in [1.165, 1.54) is 12.0 Å². The molecule has 2 heteroatoms. The van der Waals surface area contributed by atoms with Crippen LogP contribution in [0.15, 0.2) is 24.3 Å². The van der Waals surface area contributed by atoms with Crippen molar-refractivity contribution in [3.63, 3.8) is 0 Å². The van der Waals surface area contributed by atoms with Crippen LogP contribution in [0.1, 0.15) is 64.0 Å². The summed E-state index contributed by atoms with van der Waals surface area (Å²) in [6, 6.07) is 8.41. The summed E-state index contributed by atoms with van der Waals surface area (Å²) < 4.78 is 0. The van der Waals surface area contributed by atoms with E-state index in [-0.39, 0.29) is 11.2 Å². The van der Waals surface area contributed by atoms with Gasteiger partial charge in [-0.15, -0.1) is 0 Å². The lowest BCUT2D eigenvalue weighted by Crippen LogP contribution is -2.50. The maximum atomic E-state index is 12.4. The first-order valence-electron chi connectivity index (χ1n) is 7.73. The quantitative estimate of drug-likeness (QED) is 0.911. The van der Waals surface area contributed by atoms with Gasteiger partial charge >= 0.3 is 0 Å². The van der Waals surface area contributed by atoms with E-state index in [2.05, 4.69) is 45.0 Å². The molecular weight excluding hydrogens is 246 g/mol. The van der Waals surface area contributed by atoms with Crippen LogP contribution in [0.4, 0.5) is 0 Å². The van der Waals surface area contributed by atoms with Gasteiger partial charge in [0.05, 0.1) is 5.54 Å². The van der Waals surface area contributed by atoms with Crippen molar-refractivity contribution in [3.05, 3.63) is 35.4 Å². The van der Waals surface area contributed by atoms with Crippen molar-refractivity contribution in [1.82, 2.24) is 0 Å². The first-order chi connectivity index (χ1) is 9.31. The standard InChI is InChI=1S/C18H27NO/c1-17(2,3)15-9-7-14(8-10-15)13-16(20)18(19)11-5-4-6-12-18/h7-10H,4-6,11-13,19H2,1-3H3. The number of rotatable bonds is 3. The monoisotopic (exact) mass is 273 g/mol. The van der Waals surface area contributed by atoms with E-state index >= 15 is 0 Å². The molecule has 0 heterocycles. The second-order valence-electron chi connectivity index (χ2n) is 7.26. The second kappa shape index (κ2) is 5.69. The van der Waals surface area contributed by atoms with Gasteiger partial charge in [0.1, 0.15) is 0 Å². The maximum absolute atomic E-state index is 12.4. The molecule has 1 saturated carbocycles. The highest BCUT2D eigenvalue weighted by molar-refractivity contribution is 5.90. The lowest BCUT2D eigenvalue weighted by molar-refractivity contribution is -0.124. The van der Waals surface area contributed by atoms with Crippen LogP contribution >= 0.6 is 0 Å². The summed E-state index contributed by atoms with van der Waals surface area (Å²) in [6.45, 7) is 6.60. The molecule has 1 aromatic carbocycles. The van der Waals surface area contributed by atoms with E-state index in [0.29, 0.717) is 6.42 Å². The van der Waals surface area contributed by atoms with Gasteiger partial charge in [-0.2, -0.15) is 0 Å².